The molecule has 4 rings (SSSR count). The van der Waals surface area contributed by atoms with Gasteiger partial charge in [0.2, 0.25) is 10.0 Å². The van der Waals surface area contributed by atoms with E-state index in [0.29, 0.717) is 30.7 Å². The van der Waals surface area contributed by atoms with E-state index in [0.717, 1.165) is 31.7 Å². The Balaban J connectivity index is 1.87. The summed E-state index contributed by atoms with van der Waals surface area (Å²) in [6, 6.07) is 1.49. The lowest BCUT2D eigenvalue weighted by Gasteiger charge is -2.26. The van der Waals surface area contributed by atoms with E-state index in [9.17, 15) is 35.2 Å². The largest absolute Gasteiger partial charge is 0.435 e. The fraction of sp³-hybridized carbons (Fsp3) is 0.435. The summed E-state index contributed by atoms with van der Waals surface area (Å²) < 4.78 is 97.1. The number of amides is 1. The molecule has 2 aromatic heterocycles. The first-order chi connectivity index (χ1) is 17.8. The van der Waals surface area contributed by atoms with Crippen molar-refractivity contribution >= 4 is 26.8 Å². The number of nitrogens with zero attached hydrogens (tertiary/aromatic N) is 3. The summed E-state index contributed by atoms with van der Waals surface area (Å²) in [5.41, 5.74) is 6.22. The van der Waals surface area contributed by atoms with Crippen LogP contribution in [-0.2, 0) is 10.0 Å². The Labute approximate surface area is 214 Å². The van der Waals surface area contributed by atoms with E-state index >= 15 is 0 Å². The summed E-state index contributed by atoms with van der Waals surface area (Å²) in [5, 5.41) is 0.334. The Morgan fingerprint density at radius 3 is 2.34 bits per heavy atom. The molecule has 15 heteroatoms. The average molecular weight is 562 g/mol. The van der Waals surface area contributed by atoms with Crippen LogP contribution in [0.4, 0.5) is 22.0 Å². The lowest BCUT2D eigenvalue weighted by atomic mass is 9.95. The number of carbonyl (C=O) groups excluding carboxylic acids is 1. The van der Waals surface area contributed by atoms with Crippen LogP contribution in [0.25, 0.3) is 22.4 Å². The number of halogens is 5. The number of alkyl halides is 5. The fourth-order valence-corrected chi connectivity index (χ4v) is 5.72. The van der Waals surface area contributed by atoms with Gasteiger partial charge in [-0.1, -0.05) is 19.3 Å². The maximum atomic E-state index is 12.9. The van der Waals surface area contributed by atoms with E-state index in [2.05, 4.69) is 14.7 Å². The molecule has 3 aromatic rings. The van der Waals surface area contributed by atoms with Crippen molar-refractivity contribution in [1.82, 2.24) is 19.3 Å². The van der Waals surface area contributed by atoms with Crippen molar-refractivity contribution < 1.29 is 39.9 Å². The molecule has 0 unspecified atom stereocenters. The van der Waals surface area contributed by atoms with Crippen molar-refractivity contribution in [2.45, 2.75) is 68.8 Å². The van der Waals surface area contributed by atoms with Crippen LogP contribution >= 0.6 is 0 Å². The Bertz CT molecular complexity index is 1440. The molecular formula is C23H24F5N5O4S. The van der Waals surface area contributed by atoms with Crippen molar-refractivity contribution in [3.63, 3.8) is 0 Å². The van der Waals surface area contributed by atoms with Crippen molar-refractivity contribution in [2.75, 3.05) is 0 Å². The molecule has 1 saturated carbocycles. The van der Waals surface area contributed by atoms with Gasteiger partial charge in [0.1, 0.15) is 22.4 Å². The van der Waals surface area contributed by atoms with E-state index in [1.54, 1.807) is 4.57 Å². The van der Waals surface area contributed by atoms with Gasteiger partial charge in [0.15, 0.2) is 5.82 Å². The zero-order valence-electron chi connectivity index (χ0n) is 20.0. The molecule has 9 nitrogen and oxygen atoms in total. The lowest BCUT2D eigenvalue weighted by molar-refractivity contribution is -0.147. The third-order valence-electron chi connectivity index (χ3n) is 6.36. The number of benzene rings is 1. The summed E-state index contributed by atoms with van der Waals surface area (Å²) >= 11 is 0. The first kappa shape index (κ1) is 27.7. The second kappa shape index (κ2) is 10.4. The zero-order valence-corrected chi connectivity index (χ0v) is 20.8. The van der Waals surface area contributed by atoms with Crippen molar-refractivity contribution in [3.8, 4) is 17.3 Å². The van der Waals surface area contributed by atoms with Gasteiger partial charge in [-0.2, -0.15) is 26.7 Å². The van der Waals surface area contributed by atoms with Gasteiger partial charge in [-0.05, 0) is 31.9 Å². The summed E-state index contributed by atoms with van der Waals surface area (Å²) in [4.78, 5) is 20.1. The number of rotatable bonds is 8. The highest BCUT2D eigenvalue weighted by Gasteiger charge is 2.39. The third-order valence-corrected chi connectivity index (χ3v) is 7.86. The molecule has 0 aliphatic heterocycles. The molecule has 1 fully saturated rings. The summed E-state index contributed by atoms with van der Waals surface area (Å²) in [6.07, 6.45) is 0.951. The SMILES string of the molecule is C[C@H](NS(=O)(=O)c1cnc(-c2c(C(N)=O)c3ccc(OC(F)F)cc3n2C2CCCCC2)nc1)C(F)(F)F. The van der Waals surface area contributed by atoms with Crippen LogP contribution in [-0.4, -0.2) is 47.7 Å². The number of nitrogens with two attached hydrogens (primary N) is 1. The molecule has 1 atom stereocenters. The molecule has 0 radical (unpaired) electrons. The van der Waals surface area contributed by atoms with Crippen molar-refractivity contribution in [1.29, 1.82) is 0 Å². The molecule has 1 aliphatic rings. The van der Waals surface area contributed by atoms with Gasteiger partial charge in [0.25, 0.3) is 5.91 Å². The average Bonchev–Trinajstić information content (AvgIpc) is 3.18. The number of primary amides is 1. The van der Waals surface area contributed by atoms with Gasteiger partial charge in [0, 0.05) is 17.5 Å². The van der Waals surface area contributed by atoms with Crippen LogP contribution in [0, 0.1) is 0 Å². The van der Waals surface area contributed by atoms with E-state index < -0.39 is 39.7 Å². The normalized spacial score (nSPS) is 16.2. The third kappa shape index (κ3) is 5.57. The van der Waals surface area contributed by atoms with Crippen molar-refractivity contribution in [3.05, 3.63) is 36.2 Å². The van der Waals surface area contributed by atoms with Gasteiger partial charge >= 0.3 is 12.8 Å². The quantitative estimate of drug-likeness (QED) is 0.389. The lowest BCUT2D eigenvalue weighted by Crippen LogP contribution is -2.43. The fourth-order valence-electron chi connectivity index (χ4n) is 4.60. The maximum Gasteiger partial charge on any atom is 0.404 e. The minimum Gasteiger partial charge on any atom is -0.435 e. The summed E-state index contributed by atoms with van der Waals surface area (Å²) in [7, 11) is -4.62. The predicted octanol–water partition coefficient (Wildman–Crippen LogP) is 4.53. The van der Waals surface area contributed by atoms with Gasteiger partial charge in [0.05, 0.1) is 23.5 Å². The second-order valence-electron chi connectivity index (χ2n) is 8.93. The van der Waals surface area contributed by atoms with Crippen LogP contribution in [0.15, 0.2) is 35.5 Å². The second-order valence-corrected chi connectivity index (χ2v) is 10.6. The topological polar surface area (TPSA) is 129 Å². The number of aromatic nitrogens is 3. The van der Waals surface area contributed by atoms with Gasteiger partial charge < -0.3 is 15.0 Å². The summed E-state index contributed by atoms with van der Waals surface area (Å²) in [5.74, 6) is -1.11. The molecule has 0 spiro atoms. The molecule has 3 N–H and O–H groups in total. The van der Waals surface area contributed by atoms with E-state index in [4.69, 9.17) is 5.73 Å². The van der Waals surface area contributed by atoms with Gasteiger partial charge in [-0.3, -0.25) is 4.79 Å². The molecule has 1 aromatic carbocycles. The number of sulfonamides is 1. The molecule has 0 bridgehead atoms. The van der Waals surface area contributed by atoms with Crippen LogP contribution < -0.4 is 15.2 Å². The smallest absolute Gasteiger partial charge is 0.404 e. The molecule has 38 heavy (non-hydrogen) atoms. The predicted molar refractivity (Wildman–Crippen MR) is 126 cm³/mol. The van der Waals surface area contributed by atoms with Crippen LogP contribution in [0.5, 0.6) is 5.75 Å². The van der Waals surface area contributed by atoms with E-state index in [-0.39, 0.29) is 28.9 Å². The van der Waals surface area contributed by atoms with Crippen molar-refractivity contribution in [2.24, 2.45) is 5.73 Å². The minimum atomic E-state index is -4.81. The first-order valence-electron chi connectivity index (χ1n) is 11.6. The molecule has 206 valence electrons. The minimum absolute atomic E-state index is 0.00593. The number of nitrogens with one attached hydrogen (secondary N) is 1. The number of ether oxygens (including phenoxy) is 1. The molecule has 0 saturated heterocycles. The summed E-state index contributed by atoms with van der Waals surface area (Å²) in [6.45, 7) is -2.42. The Morgan fingerprint density at radius 1 is 1.16 bits per heavy atom. The molecular weight excluding hydrogens is 537 g/mol. The number of hydrogen-bond donors (Lipinski definition) is 2. The number of hydrogen-bond acceptors (Lipinski definition) is 6. The van der Waals surface area contributed by atoms with Crippen LogP contribution in [0.1, 0.15) is 55.4 Å². The molecule has 1 amide bonds. The Kier molecular flexibility index (Phi) is 7.61. The highest BCUT2D eigenvalue weighted by Crippen LogP contribution is 2.41. The van der Waals surface area contributed by atoms with E-state index in [1.807, 2.05) is 0 Å². The first-order valence-corrected chi connectivity index (χ1v) is 13.1. The van der Waals surface area contributed by atoms with Gasteiger partial charge in [-0.25, -0.2) is 18.4 Å². The van der Waals surface area contributed by atoms with E-state index in [1.165, 1.54) is 22.9 Å². The molecule has 2 heterocycles. The standard InChI is InChI=1S/C23H24F5N5O4S/c1-12(23(26,27)28)32-38(35,36)15-10-30-21(31-11-15)19-18(20(29)34)16-8-7-14(37-22(24)25)9-17(16)33(19)13-5-3-2-4-6-13/h7-13,22,32H,2-6H2,1H3,(H2,29,34)/t12-/m0/s1. The number of fused-ring (bicyclic) bond motifs is 1. The highest BCUT2D eigenvalue weighted by atomic mass is 32.2. The van der Waals surface area contributed by atoms with Crippen LogP contribution in [0.3, 0.4) is 0 Å². The Morgan fingerprint density at radius 2 is 1.79 bits per heavy atom. The highest BCUT2D eigenvalue weighted by molar-refractivity contribution is 7.89. The zero-order chi connectivity index (χ0) is 27.8. The molecule has 1 aliphatic carbocycles. The monoisotopic (exact) mass is 561 g/mol. The maximum absolute atomic E-state index is 12.9. The van der Waals surface area contributed by atoms with Crippen LogP contribution in [0.2, 0.25) is 0 Å². The number of carbonyl (C=O) groups is 1. The van der Waals surface area contributed by atoms with Gasteiger partial charge in [-0.15, -0.1) is 0 Å². The Hall–Kier alpha value is -3.33.